The molecule has 27 heavy (non-hydrogen) atoms. The number of amides is 1. The van der Waals surface area contributed by atoms with Crippen LogP contribution in [-0.2, 0) is 11.3 Å². The zero-order valence-electron chi connectivity index (χ0n) is 14.3. The third kappa shape index (κ3) is 3.34. The van der Waals surface area contributed by atoms with Gasteiger partial charge in [0.05, 0.1) is 18.2 Å². The van der Waals surface area contributed by atoms with E-state index in [9.17, 15) is 15.1 Å². The first-order valence-electron chi connectivity index (χ1n) is 8.49. The van der Waals surface area contributed by atoms with Crippen LogP contribution >= 0.6 is 0 Å². The number of carbonyl (C=O) groups excluding carboxylic acids is 1. The summed E-state index contributed by atoms with van der Waals surface area (Å²) in [6.07, 6.45) is 0. The van der Waals surface area contributed by atoms with E-state index >= 15 is 0 Å². The van der Waals surface area contributed by atoms with Crippen molar-refractivity contribution >= 4 is 24.2 Å². The molecule has 0 atom stereocenters. The van der Waals surface area contributed by atoms with E-state index < -0.39 is 7.12 Å². The number of hydrogen-bond donors (Lipinski definition) is 2. The Morgan fingerprint density at radius 3 is 2.67 bits per heavy atom. The summed E-state index contributed by atoms with van der Waals surface area (Å²) in [5.74, 6) is -0.227. The lowest BCUT2D eigenvalue weighted by molar-refractivity contribution is 0.102. The van der Waals surface area contributed by atoms with Gasteiger partial charge < -0.3 is 15.0 Å². The molecule has 0 saturated heterocycles. The summed E-state index contributed by atoms with van der Waals surface area (Å²) >= 11 is 0. The van der Waals surface area contributed by atoms with Gasteiger partial charge in [0.15, 0.2) is 0 Å². The van der Waals surface area contributed by atoms with Crippen LogP contribution in [0.2, 0.25) is 0 Å². The maximum atomic E-state index is 12.5. The SMILES string of the molecule is N#Cc1ccccc1-c1ccc(C(=O)Nc2ccc3c(c2)COB3O)cc1. The van der Waals surface area contributed by atoms with E-state index in [4.69, 9.17) is 4.65 Å². The average Bonchev–Trinajstić information content (AvgIpc) is 3.08. The molecule has 0 unspecified atom stereocenters. The number of nitrogens with zero attached hydrogens (tertiary/aromatic N) is 1. The van der Waals surface area contributed by atoms with Crippen LogP contribution in [0.1, 0.15) is 21.5 Å². The largest absolute Gasteiger partial charge is 0.491 e. The average molecular weight is 354 g/mol. The van der Waals surface area contributed by atoms with Gasteiger partial charge in [0.2, 0.25) is 0 Å². The number of anilines is 1. The molecule has 0 fully saturated rings. The normalized spacial score (nSPS) is 12.4. The van der Waals surface area contributed by atoms with Crippen LogP contribution in [-0.4, -0.2) is 18.0 Å². The Bertz CT molecular complexity index is 1060. The number of rotatable bonds is 3. The van der Waals surface area contributed by atoms with Crippen molar-refractivity contribution in [3.63, 3.8) is 0 Å². The molecule has 0 radical (unpaired) electrons. The van der Waals surface area contributed by atoms with Gasteiger partial charge in [-0.15, -0.1) is 0 Å². The summed E-state index contributed by atoms with van der Waals surface area (Å²) in [6, 6.07) is 22.0. The van der Waals surface area contributed by atoms with E-state index in [0.717, 1.165) is 22.2 Å². The Kier molecular flexibility index (Phi) is 4.47. The first kappa shape index (κ1) is 17.0. The van der Waals surface area contributed by atoms with Crippen molar-refractivity contribution in [2.45, 2.75) is 6.61 Å². The lowest BCUT2D eigenvalue weighted by Crippen LogP contribution is -2.27. The highest BCUT2D eigenvalue weighted by atomic mass is 16.5. The molecule has 4 rings (SSSR count). The molecule has 3 aromatic rings. The van der Waals surface area contributed by atoms with Crippen LogP contribution in [0.4, 0.5) is 5.69 Å². The summed E-state index contributed by atoms with van der Waals surface area (Å²) in [5.41, 5.74) is 5.08. The highest BCUT2D eigenvalue weighted by Gasteiger charge is 2.27. The molecular weight excluding hydrogens is 339 g/mol. The Morgan fingerprint density at radius 2 is 1.89 bits per heavy atom. The van der Waals surface area contributed by atoms with E-state index in [-0.39, 0.29) is 5.91 Å². The summed E-state index contributed by atoms with van der Waals surface area (Å²) in [5, 5.41) is 21.7. The van der Waals surface area contributed by atoms with Crippen molar-refractivity contribution in [3.05, 3.63) is 83.4 Å². The van der Waals surface area contributed by atoms with Crippen LogP contribution in [0.15, 0.2) is 66.7 Å². The van der Waals surface area contributed by atoms with Crippen molar-refractivity contribution in [3.8, 4) is 17.2 Å². The molecule has 0 spiro atoms. The smallest absolute Gasteiger partial charge is 0.423 e. The first-order valence-corrected chi connectivity index (χ1v) is 8.49. The monoisotopic (exact) mass is 354 g/mol. The van der Waals surface area contributed by atoms with Gasteiger partial charge in [0.25, 0.3) is 5.91 Å². The van der Waals surface area contributed by atoms with Gasteiger partial charge in [0.1, 0.15) is 0 Å². The standard InChI is InChI=1S/C21H15BN2O3/c23-12-16-3-1-2-4-19(16)14-5-7-15(8-6-14)21(25)24-18-9-10-20-17(11-18)13-27-22(20)26/h1-11,26H,13H2,(H,24,25). The van der Waals surface area contributed by atoms with Crippen molar-refractivity contribution in [2.24, 2.45) is 0 Å². The summed E-state index contributed by atoms with van der Waals surface area (Å²) in [6.45, 7) is 0.327. The highest BCUT2D eigenvalue weighted by molar-refractivity contribution is 6.61. The number of fused-ring (bicyclic) bond motifs is 1. The molecule has 5 nitrogen and oxygen atoms in total. The van der Waals surface area contributed by atoms with E-state index in [1.165, 1.54) is 0 Å². The molecule has 130 valence electrons. The van der Waals surface area contributed by atoms with Gasteiger partial charge in [-0.1, -0.05) is 36.4 Å². The van der Waals surface area contributed by atoms with E-state index in [1.54, 1.807) is 36.4 Å². The van der Waals surface area contributed by atoms with Gasteiger partial charge >= 0.3 is 7.12 Å². The van der Waals surface area contributed by atoms with Gasteiger partial charge in [-0.05, 0) is 52.5 Å². The van der Waals surface area contributed by atoms with Crippen molar-refractivity contribution in [1.82, 2.24) is 0 Å². The lowest BCUT2D eigenvalue weighted by atomic mass is 9.79. The van der Waals surface area contributed by atoms with Gasteiger partial charge in [-0.25, -0.2) is 0 Å². The molecule has 1 aliphatic heterocycles. The fourth-order valence-electron chi connectivity index (χ4n) is 3.14. The van der Waals surface area contributed by atoms with Gasteiger partial charge in [-0.2, -0.15) is 5.26 Å². The van der Waals surface area contributed by atoms with Crippen LogP contribution < -0.4 is 10.8 Å². The molecule has 1 heterocycles. The minimum Gasteiger partial charge on any atom is -0.423 e. The summed E-state index contributed by atoms with van der Waals surface area (Å²) in [4.78, 5) is 12.5. The zero-order valence-corrected chi connectivity index (χ0v) is 14.3. The van der Waals surface area contributed by atoms with Gasteiger partial charge in [-0.3, -0.25) is 4.79 Å². The fraction of sp³-hybridized carbons (Fsp3) is 0.0476. The third-order valence-corrected chi connectivity index (χ3v) is 4.57. The predicted molar refractivity (Wildman–Crippen MR) is 103 cm³/mol. The van der Waals surface area contributed by atoms with Crippen LogP contribution in [0, 0.1) is 11.3 Å². The summed E-state index contributed by atoms with van der Waals surface area (Å²) in [7, 11) is -0.895. The molecule has 0 bridgehead atoms. The molecule has 0 aliphatic carbocycles. The number of benzene rings is 3. The molecule has 0 saturated carbocycles. The second kappa shape index (κ2) is 7.08. The number of nitrogens with one attached hydrogen (secondary N) is 1. The second-order valence-corrected chi connectivity index (χ2v) is 6.27. The Morgan fingerprint density at radius 1 is 1.11 bits per heavy atom. The Balaban J connectivity index is 1.53. The molecule has 2 N–H and O–H groups in total. The van der Waals surface area contributed by atoms with E-state index in [2.05, 4.69) is 11.4 Å². The lowest BCUT2D eigenvalue weighted by Gasteiger charge is -2.08. The molecular formula is C21H15BN2O3. The topological polar surface area (TPSA) is 82.4 Å². The fourth-order valence-corrected chi connectivity index (χ4v) is 3.14. The first-order chi connectivity index (χ1) is 13.2. The highest BCUT2D eigenvalue weighted by Crippen LogP contribution is 2.24. The molecule has 6 heteroatoms. The van der Waals surface area contributed by atoms with Crippen LogP contribution in [0.5, 0.6) is 0 Å². The Hall–Kier alpha value is -3.40. The number of carbonyl (C=O) groups is 1. The number of nitriles is 1. The van der Waals surface area contributed by atoms with E-state index in [0.29, 0.717) is 23.4 Å². The molecule has 1 aliphatic rings. The van der Waals surface area contributed by atoms with E-state index in [1.807, 2.05) is 30.3 Å². The maximum absolute atomic E-state index is 12.5. The molecule has 1 amide bonds. The third-order valence-electron chi connectivity index (χ3n) is 4.57. The zero-order chi connectivity index (χ0) is 18.8. The predicted octanol–water partition coefficient (Wildman–Crippen LogP) is 2.70. The van der Waals surface area contributed by atoms with Crippen molar-refractivity contribution < 1.29 is 14.5 Å². The van der Waals surface area contributed by atoms with Crippen molar-refractivity contribution in [1.29, 1.82) is 5.26 Å². The maximum Gasteiger partial charge on any atom is 0.491 e. The quantitative estimate of drug-likeness (QED) is 0.709. The minimum absolute atomic E-state index is 0.227. The second-order valence-electron chi connectivity index (χ2n) is 6.27. The van der Waals surface area contributed by atoms with Crippen LogP contribution in [0.25, 0.3) is 11.1 Å². The minimum atomic E-state index is -0.895. The Labute approximate surface area is 157 Å². The molecule has 0 aromatic heterocycles. The molecule has 3 aromatic carbocycles. The number of hydrogen-bond acceptors (Lipinski definition) is 4. The van der Waals surface area contributed by atoms with Crippen molar-refractivity contribution in [2.75, 3.05) is 5.32 Å². The summed E-state index contributed by atoms with van der Waals surface area (Å²) < 4.78 is 5.16. The van der Waals surface area contributed by atoms with Crippen LogP contribution in [0.3, 0.4) is 0 Å². The van der Waals surface area contributed by atoms with Gasteiger partial charge in [0, 0.05) is 11.3 Å².